The van der Waals surface area contributed by atoms with Gasteiger partial charge in [0.15, 0.2) is 0 Å². The molecule has 0 spiro atoms. The molecule has 0 atom stereocenters. The van der Waals surface area contributed by atoms with E-state index in [1.807, 2.05) is 18.2 Å². The molecular formula is C16H12N2O4S. The minimum absolute atomic E-state index is 0.210. The van der Waals surface area contributed by atoms with Gasteiger partial charge < -0.3 is 0 Å². The predicted octanol–water partition coefficient (Wildman–Crippen LogP) is 2.35. The van der Waals surface area contributed by atoms with Crippen molar-refractivity contribution in [1.82, 2.24) is 0 Å². The van der Waals surface area contributed by atoms with Crippen LogP contribution in [-0.4, -0.2) is 24.5 Å². The summed E-state index contributed by atoms with van der Waals surface area (Å²) in [6.07, 6.45) is 3.18. The third-order valence-corrected chi connectivity index (χ3v) is 4.18. The fourth-order valence-corrected chi connectivity index (χ4v) is 2.65. The number of fused-ring (bicyclic) bond motifs is 1. The number of anilines is 1. The lowest BCUT2D eigenvalue weighted by molar-refractivity contribution is -0.108. The van der Waals surface area contributed by atoms with E-state index < -0.39 is 10.1 Å². The maximum absolute atomic E-state index is 12.0. The molecule has 0 unspecified atom stereocenters. The predicted molar refractivity (Wildman–Crippen MR) is 86.9 cm³/mol. The lowest BCUT2D eigenvalue weighted by Gasteiger charge is -2.12. The Morgan fingerprint density at radius 2 is 1.65 bits per heavy atom. The molecule has 2 aromatic carbocycles. The Labute approximate surface area is 132 Å². The topological polar surface area (TPSA) is 95.8 Å². The molecule has 0 saturated carbocycles. The lowest BCUT2D eigenvalue weighted by Crippen LogP contribution is -2.19. The zero-order valence-corrected chi connectivity index (χ0v) is 12.6. The van der Waals surface area contributed by atoms with E-state index in [2.05, 4.69) is 10.5 Å². The smallest absolute Gasteiger partial charge is 0.287 e. The number of nitrogens with zero attached hydrogens (tertiary/aromatic N) is 1. The Morgan fingerprint density at radius 1 is 0.957 bits per heavy atom. The number of carbonyl (C=O) groups is 1. The van der Waals surface area contributed by atoms with Crippen LogP contribution in [0.4, 0.5) is 5.69 Å². The fraction of sp³-hybridized carbons (Fsp3) is 0. The first-order valence-corrected chi connectivity index (χ1v) is 8.12. The second kappa shape index (κ2) is 5.79. The molecule has 1 aliphatic carbocycles. The molecule has 2 N–H and O–H groups in total. The Hall–Kier alpha value is -2.77. The molecule has 0 aromatic heterocycles. The number of carbonyl (C=O) groups excluding carboxylic acids is 1. The van der Waals surface area contributed by atoms with Crippen LogP contribution in [0.5, 0.6) is 0 Å². The van der Waals surface area contributed by atoms with E-state index in [-0.39, 0.29) is 16.4 Å². The van der Waals surface area contributed by atoms with Crippen LogP contribution in [-0.2, 0) is 14.9 Å². The van der Waals surface area contributed by atoms with Crippen molar-refractivity contribution in [1.29, 1.82) is 0 Å². The summed E-state index contributed by atoms with van der Waals surface area (Å²) in [6.45, 7) is 0. The summed E-state index contributed by atoms with van der Waals surface area (Å²) >= 11 is 0. The van der Waals surface area contributed by atoms with Crippen LogP contribution in [0.3, 0.4) is 0 Å². The second-order valence-electron chi connectivity index (χ2n) is 4.86. The van der Waals surface area contributed by atoms with Crippen LogP contribution in [0.1, 0.15) is 11.1 Å². The van der Waals surface area contributed by atoms with Gasteiger partial charge in [0.2, 0.25) is 5.78 Å². The summed E-state index contributed by atoms with van der Waals surface area (Å²) < 4.78 is 30.9. The molecule has 0 amide bonds. The Balaban J connectivity index is 1.88. The van der Waals surface area contributed by atoms with E-state index in [4.69, 9.17) is 4.55 Å². The summed E-state index contributed by atoms with van der Waals surface area (Å²) in [4.78, 5) is 11.8. The van der Waals surface area contributed by atoms with Crippen LogP contribution < -0.4 is 5.43 Å². The number of ketones is 1. The molecule has 6 nitrogen and oxygen atoms in total. The van der Waals surface area contributed by atoms with Gasteiger partial charge in [0.1, 0.15) is 5.71 Å². The van der Waals surface area contributed by atoms with E-state index in [1.54, 1.807) is 12.1 Å². The Bertz CT molecular complexity index is 929. The fourth-order valence-electron chi connectivity index (χ4n) is 2.17. The largest absolute Gasteiger partial charge is 0.294 e. The molecule has 0 fully saturated rings. The normalized spacial score (nSPS) is 15.5. The van der Waals surface area contributed by atoms with Crippen molar-refractivity contribution in [2.75, 3.05) is 5.43 Å². The highest BCUT2D eigenvalue weighted by molar-refractivity contribution is 7.85. The maximum Gasteiger partial charge on any atom is 0.294 e. The number of allylic oxidation sites excluding steroid dienone is 1. The first kappa shape index (κ1) is 15.1. The van der Waals surface area contributed by atoms with Gasteiger partial charge >= 0.3 is 0 Å². The lowest BCUT2D eigenvalue weighted by atomic mass is 9.95. The zero-order chi connectivity index (χ0) is 16.4. The van der Waals surface area contributed by atoms with Gasteiger partial charge in [-0.1, -0.05) is 30.3 Å². The SMILES string of the molecule is O=C1C=Cc2ccccc2C1=NNc1ccc(S(=O)(=O)O)cc1. The summed E-state index contributed by atoms with van der Waals surface area (Å²) in [6, 6.07) is 12.8. The molecule has 116 valence electrons. The summed E-state index contributed by atoms with van der Waals surface area (Å²) in [5.41, 5.74) is 5.11. The van der Waals surface area contributed by atoms with Crippen LogP contribution in [0.2, 0.25) is 0 Å². The van der Waals surface area contributed by atoms with Crippen molar-refractivity contribution >= 4 is 33.4 Å². The number of hydrazone groups is 1. The molecule has 1 aliphatic rings. The summed E-state index contributed by atoms with van der Waals surface area (Å²) in [5, 5.41) is 4.12. The highest BCUT2D eigenvalue weighted by atomic mass is 32.2. The van der Waals surface area contributed by atoms with Gasteiger partial charge in [0.25, 0.3) is 10.1 Å². The second-order valence-corrected chi connectivity index (χ2v) is 6.28. The molecule has 0 aliphatic heterocycles. The molecule has 0 saturated heterocycles. The van der Waals surface area contributed by atoms with Crippen LogP contribution in [0.15, 0.2) is 64.6 Å². The Kier molecular flexibility index (Phi) is 3.81. The van der Waals surface area contributed by atoms with Gasteiger partial charge in [-0.05, 0) is 35.9 Å². The standard InChI is InChI=1S/C16H12N2O4S/c19-15-10-5-11-3-1-2-4-14(11)16(15)18-17-12-6-8-13(9-7-12)23(20,21)22/h1-10,17H,(H,20,21,22). The van der Waals surface area contributed by atoms with Crippen LogP contribution >= 0.6 is 0 Å². The van der Waals surface area contributed by atoms with E-state index in [0.717, 1.165) is 11.1 Å². The van der Waals surface area contributed by atoms with Gasteiger partial charge in [-0.3, -0.25) is 14.8 Å². The van der Waals surface area contributed by atoms with Crippen molar-refractivity contribution in [3.8, 4) is 0 Å². The number of benzene rings is 2. The highest BCUT2D eigenvalue weighted by Gasteiger charge is 2.18. The van der Waals surface area contributed by atoms with Crippen molar-refractivity contribution in [2.24, 2.45) is 5.10 Å². The van der Waals surface area contributed by atoms with Gasteiger partial charge in [-0.15, -0.1) is 0 Å². The monoisotopic (exact) mass is 328 g/mol. The van der Waals surface area contributed by atoms with Crippen LogP contribution in [0, 0.1) is 0 Å². The molecule has 0 heterocycles. The molecular weight excluding hydrogens is 316 g/mol. The zero-order valence-electron chi connectivity index (χ0n) is 11.8. The molecule has 0 bridgehead atoms. The van der Waals surface area contributed by atoms with Crippen molar-refractivity contribution in [3.63, 3.8) is 0 Å². The molecule has 2 aromatic rings. The quantitative estimate of drug-likeness (QED) is 0.666. The summed E-state index contributed by atoms with van der Waals surface area (Å²) in [7, 11) is -4.23. The molecule has 23 heavy (non-hydrogen) atoms. The number of nitrogens with one attached hydrogen (secondary N) is 1. The maximum atomic E-state index is 12.0. The number of hydrogen-bond donors (Lipinski definition) is 2. The summed E-state index contributed by atoms with van der Waals surface area (Å²) in [5.74, 6) is -0.217. The van der Waals surface area contributed by atoms with E-state index in [9.17, 15) is 13.2 Å². The van der Waals surface area contributed by atoms with E-state index >= 15 is 0 Å². The first-order valence-electron chi connectivity index (χ1n) is 6.68. The van der Waals surface area contributed by atoms with Crippen LogP contribution in [0.25, 0.3) is 6.08 Å². The highest BCUT2D eigenvalue weighted by Crippen LogP contribution is 2.19. The minimum atomic E-state index is -4.23. The van der Waals surface area contributed by atoms with Gasteiger partial charge in [-0.2, -0.15) is 13.5 Å². The first-order chi connectivity index (χ1) is 10.9. The van der Waals surface area contributed by atoms with E-state index in [1.165, 1.54) is 30.3 Å². The number of rotatable bonds is 3. The van der Waals surface area contributed by atoms with E-state index in [0.29, 0.717) is 5.69 Å². The van der Waals surface area contributed by atoms with Gasteiger partial charge in [-0.25, -0.2) is 0 Å². The number of hydrogen-bond acceptors (Lipinski definition) is 5. The molecule has 3 rings (SSSR count). The minimum Gasteiger partial charge on any atom is -0.287 e. The third kappa shape index (κ3) is 3.20. The van der Waals surface area contributed by atoms with Crippen molar-refractivity contribution in [3.05, 3.63) is 65.7 Å². The molecule has 0 radical (unpaired) electrons. The van der Waals surface area contributed by atoms with Gasteiger partial charge in [0, 0.05) is 5.56 Å². The Morgan fingerprint density at radius 3 is 2.35 bits per heavy atom. The average molecular weight is 328 g/mol. The van der Waals surface area contributed by atoms with Crippen molar-refractivity contribution in [2.45, 2.75) is 4.90 Å². The third-order valence-electron chi connectivity index (χ3n) is 3.31. The van der Waals surface area contributed by atoms with Gasteiger partial charge in [0.05, 0.1) is 10.6 Å². The van der Waals surface area contributed by atoms with Crippen molar-refractivity contribution < 1.29 is 17.8 Å². The molecule has 7 heteroatoms. The average Bonchev–Trinajstić information content (AvgIpc) is 2.53.